The zero-order chi connectivity index (χ0) is 13.7. The number of ether oxygens (including phenoxy) is 1. The molecule has 19 heavy (non-hydrogen) atoms. The SMILES string of the molecule is NCC1(O)CCC(COCc2ccc(F)cc2)CC1. The summed E-state index contributed by atoms with van der Waals surface area (Å²) in [5, 5.41) is 10.0. The van der Waals surface area contributed by atoms with Gasteiger partial charge in [-0.25, -0.2) is 4.39 Å². The molecule has 0 saturated heterocycles. The molecular weight excluding hydrogens is 245 g/mol. The lowest BCUT2D eigenvalue weighted by atomic mass is 9.79. The van der Waals surface area contributed by atoms with Crippen molar-refractivity contribution in [3.8, 4) is 0 Å². The monoisotopic (exact) mass is 267 g/mol. The van der Waals surface area contributed by atoms with Crippen molar-refractivity contribution in [2.24, 2.45) is 11.7 Å². The summed E-state index contributed by atoms with van der Waals surface area (Å²) in [6.07, 6.45) is 3.43. The molecule has 1 aromatic rings. The molecule has 2 rings (SSSR count). The minimum atomic E-state index is -0.659. The minimum Gasteiger partial charge on any atom is -0.389 e. The molecule has 0 unspecified atom stereocenters. The molecule has 3 N–H and O–H groups in total. The van der Waals surface area contributed by atoms with E-state index in [0.717, 1.165) is 31.2 Å². The van der Waals surface area contributed by atoms with Gasteiger partial charge in [0, 0.05) is 13.2 Å². The Bertz CT molecular complexity index is 386. The molecule has 0 aromatic heterocycles. The summed E-state index contributed by atoms with van der Waals surface area (Å²) in [4.78, 5) is 0. The molecule has 4 heteroatoms. The van der Waals surface area contributed by atoms with Crippen LogP contribution in [-0.2, 0) is 11.3 Å². The number of aliphatic hydroxyl groups is 1. The fourth-order valence-corrected chi connectivity index (χ4v) is 2.51. The zero-order valence-electron chi connectivity index (χ0n) is 11.1. The molecule has 0 radical (unpaired) electrons. The van der Waals surface area contributed by atoms with Gasteiger partial charge in [0.25, 0.3) is 0 Å². The van der Waals surface area contributed by atoms with Crippen LogP contribution in [0.1, 0.15) is 31.2 Å². The van der Waals surface area contributed by atoms with Crippen LogP contribution in [0, 0.1) is 11.7 Å². The second-order valence-electron chi connectivity index (χ2n) is 5.51. The van der Waals surface area contributed by atoms with Crippen LogP contribution < -0.4 is 5.73 Å². The van der Waals surface area contributed by atoms with E-state index in [4.69, 9.17) is 10.5 Å². The van der Waals surface area contributed by atoms with E-state index in [9.17, 15) is 9.50 Å². The lowest BCUT2D eigenvalue weighted by Crippen LogP contribution is -2.41. The summed E-state index contributed by atoms with van der Waals surface area (Å²) in [7, 11) is 0. The Kier molecular flexibility index (Phi) is 4.91. The molecule has 1 aliphatic carbocycles. The van der Waals surface area contributed by atoms with Crippen LogP contribution in [0.5, 0.6) is 0 Å². The molecule has 0 aliphatic heterocycles. The molecule has 0 spiro atoms. The largest absolute Gasteiger partial charge is 0.389 e. The van der Waals surface area contributed by atoms with Crippen molar-refractivity contribution < 1.29 is 14.2 Å². The van der Waals surface area contributed by atoms with E-state index in [1.54, 1.807) is 12.1 Å². The van der Waals surface area contributed by atoms with Crippen molar-refractivity contribution in [1.82, 2.24) is 0 Å². The molecule has 1 aliphatic rings. The molecule has 0 amide bonds. The number of hydrogen-bond acceptors (Lipinski definition) is 3. The molecule has 0 heterocycles. The normalized spacial score (nSPS) is 27.4. The van der Waals surface area contributed by atoms with Gasteiger partial charge in [0.1, 0.15) is 5.82 Å². The van der Waals surface area contributed by atoms with Crippen molar-refractivity contribution >= 4 is 0 Å². The molecule has 106 valence electrons. The number of nitrogens with two attached hydrogens (primary N) is 1. The highest BCUT2D eigenvalue weighted by Gasteiger charge is 2.31. The van der Waals surface area contributed by atoms with Crippen molar-refractivity contribution in [2.45, 2.75) is 37.9 Å². The van der Waals surface area contributed by atoms with Crippen molar-refractivity contribution in [2.75, 3.05) is 13.2 Å². The summed E-state index contributed by atoms with van der Waals surface area (Å²) in [5.41, 5.74) is 5.88. The Hall–Kier alpha value is -0.970. The molecule has 1 aromatic carbocycles. The van der Waals surface area contributed by atoms with Gasteiger partial charge in [-0.1, -0.05) is 12.1 Å². The van der Waals surface area contributed by atoms with E-state index in [0.29, 0.717) is 25.7 Å². The Morgan fingerprint density at radius 3 is 2.47 bits per heavy atom. The maximum atomic E-state index is 12.7. The first-order valence-electron chi connectivity index (χ1n) is 6.86. The Balaban J connectivity index is 1.68. The average molecular weight is 267 g/mol. The molecule has 0 bridgehead atoms. The van der Waals surface area contributed by atoms with Crippen LogP contribution in [0.3, 0.4) is 0 Å². The van der Waals surface area contributed by atoms with Gasteiger partial charge in [0.15, 0.2) is 0 Å². The van der Waals surface area contributed by atoms with E-state index in [1.807, 2.05) is 0 Å². The fourth-order valence-electron chi connectivity index (χ4n) is 2.51. The van der Waals surface area contributed by atoms with Gasteiger partial charge in [0.2, 0.25) is 0 Å². The van der Waals surface area contributed by atoms with Crippen LogP contribution in [0.4, 0.5) is 4.39 Å². The average Bonchev–Trinajstić information content (AvgIpc) is 2.43. The lowest BCUT2D eigenvalue weighted by Gasteiger charge is -2.34. The van der Waals surface area contributed by atoms with Crippen LogP contribution in [0.15, 0.2) is 24.3 Å². The van der Waals surface area contributed by atoms with E-state index >= 15 is 0 Å². The van der Waals surface area contributed by atoms with E-state index in [-0.39, 0.29) is 5.82 Å². The third-order valence-electron chi connectivity index (χ3n) is 3.95. The predicted octanol–water partition coefficient (Wildman–Crippen LogP) is 2.22. The molecular formula is C15H22FNO2. The highest BCUT2D eigenvalue weighted by Crippen LogP contribution is 2.31. The second kappa shape index (κ2) is 6.46. The zero-order valence-corrected chi connectivity index (χ0v) is 11.1. The minimum absolute atomic E-state index is 0.225. The highest BCUT2D eigenvalue weighted by atomic mass is 19.1. The van der Waals surface area contributed by atoms with Gasteiger partial charge in [-0.15, -0.1) is 0 Å². The lowest BCUT2D eigenvalue weighted by molar-refractivity contribution is -0.0191. The number of hydrogen-bond donors (Lipinski definition) is 2. The van der Waals surface area contributed by atoms with E-state index in [2.05, 4.69) is 0 Å². The number of halogens is 1. The summed E-state index contributed by atoms with van der Waals surface area (Å²) in [6.45, 7) is 1.55. The van der Waals surface area contributed by atoms with Crippen molar-refractivity contribution in [3.63, 3.8) is 0 Å². The number of rotatable bonds is 5. The predicted molar refractivity (Wildman–Crippen MR) is 72.0 cm³/mol. The molecule has 1 fully saturated rings. The van der Waals surface area contributed by atoms with Gasteiger partial charge in [-0.3, -0.25) is 0 Å². The maximum Gasteiger partial charge on any atom is 0.123 e. The maximum absolute atomic E-state index is 12.7. The van der Waals surface area contributed by atoms with Crippen molar-refractivity contribution in [1.29, 1.82) is 0 Å². The van der Waals surface area contributed by atoms with Crippen LogP contribution in [-0.4, -0.2) is 23.9 Å². The molecule has 0 atom stereocenters. The quantitative estimate of drug-likeness (QED) is 0.860. The first-order valence-corrected chi connectivity index (χ1v) is 6.86. The van der Waals surface area contributed by atoms with Crippen LogP contribution >= 0.6 is 0 Å². The summed E-state index contributed by atoms with van der Waals surface area (Å²) in [6, 6.07) is 6.37. The van der Waals surface area contributed by atoms with Gasteiger partial charge in [-0.05, 0) is 49.3 Å². The smallest absolute Gasteiger partial charge is 0.123 e. The highest BCUT2D eigenvalue weighted by molar-refractivity contribution is 5.14. The second-order valence-corrected chi connectivity index (χ2v) is 5.51. The van der Waals surface area contributed by atoms with Gasteiger partial charge < -0.3 is 15.6 Å². The Morgan fingerprint density at radius 2 is 1.89 bits per heavy atom. The van der Waals surface area contributed by atoms with E-state index in [1.165, 1.54) is 12.1 Å². The number of benzene rings is 1. The first kappa shape index (κ1) is 14.4. The van der Waals surface area contributed by atoms with Gasteiger partial charge in [-0.2, -0.15) is 0 Å². The fraction of sp³-hybridized carbons (Fsp3) is 0.600. The Morgan fingerprint density at radius 1 is 1.26 bits per heavy atom. The van der Waals surface area contributed by atoms with E-state index < -0.39 is 5.60 Å². The molecule has 3 nitrogen and oxygen atoms in total. The third-order valence-corrected chi connectivity index (χ3v) is 3.95. The van der Waals surface area contributed by atoms with Crippen LogP contribution in [0.25, 0.3) is 0 Å². The van der Waals surface area contributed by atoms with Crippen LogP contribution in [0.2, 0.25) is 0 Å². The third kappa shape index (κ3) is 4.27. The summed E-state index contributed by atoms with van der Waals surface area (Å²) in [5.74, 6) is 0.268. The van der Waals surface area contributed by atoms with Gasteiger partial charge in [0.05, 0.1) is 12.2 Å². The van der Waals surface area contributed by atoms with Gasteiger partial charge >= 0.3 is 0 Å². The summed E-state index contributed by atoms with van der Waals surface area (Å²) < 4.78 is 18.4. The standard InChI is InChI=1S/C15H22FNO2/c16-14-3-1-12(2-4-14)9-19-10-13-5-7-15(18,11-17)8-6-13/h1-4,13,18H,5-11,17H2. The Labute approximate surface area is 113 Å². The molecule has 1 saturated carbocycles. The first-order chi connectivity index (χ1) is 9.11. The summed E-state index contributed by atoms with van der Waals surface area (Å²) >= 11 is 0. The topological polar surface area (TPSA) is 55.5 Å². The van der Waals surface area contributed by atoms with Crippen molar-refractivity contribution in [3.05, 3.63) is 35.6 Å².